The smallest absolute Gasteiger partial charge is 0.408 e. The van der Waals surface area contributed by atoms with E-state index in [1.807, 2.05) is 46.8 Å². The zero-order chi connectivity index (χ0) is 11.2. The van der Waals surface area contributed by atoms with Gasteiger partial charge in [-0.15, -0.1) is 0 Å². The van der Waals surface area contributed by atoms with Crippen molar-refractivity contribution in [2.45, 2.75) is 52.7 Å². The topological polar surface area (TPSA) is 38.3 Å². The first kappa shape index (κ1) is 13.0. The van der Waals surface area contributed by atoms with Crippen LogP contribution in [0, 0.1) is 0 Å². The van der Waals surface area contributed by atoms with E-state index in [-0.39, 0.29) is 12.1 Å². The average molecular weight is 199 g/mol. The van der Waals surface area contributed by atoms with E-state index >= 15 is 0 Å². The summed E-state index contributed by atoms with van der Waals surface area (Å²) in [5, 5.41) is 2.78. The van der Waals surface area contributed by atoms with Gasteiger partial charge in [0.25, 0.3) is 0 Å². The molecule has 0 aliphatic heterocycles. The van der Waals surface area contributed by atoms with Crippen LogP contribution in [0.4, 0.5) is 4.79 Å². The molecular formula is C11H21NO2. The minimum absolute atomic E-state index is 0.0647. The van der Waals surface area contributed by atoms with Crippen molar-refractivity contribution in [3.05, 3.63) is 12.2 Å². The third-order valence-electron chi connectivity index (χ3n) is 1.57. The molecule has 0 rings (SSSR count). The predicted octanol–water partition coefficient (Wildman–Crippen LogP) is 2.87. The summed E-state index contributed by atoms with van der Waals surface area (Å²) in [6.45, 7) is 9.50. The molecule has 3 nitrogen and oxygen atoms in total. The number of ether oxygens (including phenoxy) is 1. The Kier molecular flexibility index (Phi) is 5.28. The maximum atomic E-state index is 11.3. The monoisotopic (exact) mass is 199 g/mol. The van der Waals surface area contributed by atoms with Gasteiger partial charge in [0, 0.05) is 0 Å². The van der Waals surface area contributed by atoms with Crippen LogP contribution in [-0.4, -0.2) is 17.7 Å². The summed E-state index contributed by atoms with van der Waals surface area (Å²) in [4.78, 5) is 11.3. The van der Waals surface area contributed by atoms with E-state index in [1.165, 1.54) is 0 Å². The Bertz CT molecular complexity index is 204. The van der Waals surface area contributed by atoms with Crippen LogP contribution in [0.3, 0.4) is 0 Å². The Labute approximate surface area is 86.5 Å². The van der Waals surface area contributed by atoms with E-state index in [9.17, 15) is 4.79 Å². The molecule has 0 aliphatic rings. The number of amides is 1. The molecule has 0 saturated carbocycles. The fraction of sp³-hybridized carbons (Fsp3) is 0.727. The number of allylic oxidation sites excluding steroid dienone is 1. The molecule has 1 atom stereocenters. The van der Waals surface area contributed by atoms with Crippen LogP contribution < -0.4 is 5.32 Å². The highest BCUT2D eigenvalue weighted by atomic mass is 16.6. The van der Waals surface area contributed by atoms with E-state index in [4.69, 9.17) is 4.74 Å². The SMILES string of the molecule is C/C=C\[C@@H](CC)NC(=O)OC(C)(C)C. The molecule has 1 N–H and O–H groups in total. The van der Waals surface area contributed by atoms with Crippen molar-refractivity contribution < 1.29 is 9.53 Å². The quantitative estimate of drug-likeness (QED) is 0.710. The number of rotatable bonds is 3. The van der Waals surface area contributed by atoms with Crippen molar-refractivity contribution in [1.29, 1.82) is 0 Å². The molecule has 0 unspecified atom stereocenters. The van der Waals surface area contributed by atoms with Gasteiger partial charge in [-0.1, -0.05) is 19.1 Å². The maximum Gasteiger partial charge on any atom is 0.408 e. The molecule has 0 radical (unpaired) electrons. The van der Waals surface area contributed by atoms with E-state index < -0.39 is 5.60 Å². The highest BCUT2D eigenvalue weighted by Crippen LogP contribution is 2.07. The van der Waals surface area contributed by atoms with Gasteiger partial charge in [-0.3, -0.25) is 0 Å². The largest absolute Gasteiger partial charge is 0.444 e. The number of carbonyl (C=O) groups is 1. The van der Waals surface area contributed by atoms with Crippen LogP contribution in [0.2, 0.25) is 0 Å². The lowest BCUT2D eigenvalue weighted by atomic mass is 10.2. The summed E-state index contributed by atoms with van der Waals surface area (Å²) in [6.07, 6.45) is 4.38. The van der Waals surface area contributed by atoms with Gasteiger partial charge >= 0.3 is 6.09 Å². The average Bonchev–Trinajstić information content (AvgIpc) is 2.00. The van der Waals surface area contributed by atoms with Crippen LogP contribution in [0.1, 0.15) is 41.0 Å². The standard InChI is InChI=1S/C11H21NO2/c1-6-8-9(7-2)12-10(13)14-11(3,4)5/h6,8-9H,7H2,1-5H3,(H,12,13)/b8-6-/t9-/m1/s1. The van der Waals surface area contributed by atoms with E-state index in [0.717, 1.165) is 6.42 Å². The van der Waals surface area contributed by atoms with Gasteiger partial charge in [0.1, 0.15) is 5.60 Å². The summed E-state index contributed by atoms with van der Waals surface area (Å²) in [7, 11) is 0. The Balaban J connectivity index is 4.04. The summed E-state index contributed by atoms with van der Waals surface area (Å²) in [6, 6.07) is 0.0647. The third-order valence-corrected chi connectivity index (χ3v) is 1.57. The van der Waals surface area contributed by atoms with Gasteiger partial charge < -0.3 is 10.1 Å². The molecular weight excluding hydrogens is 178 g/mol. The Morgan fingerprint density at radius 2 is 2.07 bits per heavy atom. The zero-order valence-electron chi connectivity index (χ0n) is 9.76. The number of hydrogen-bond acceptors (Lipinski definition) is 2. The second-order valence-corrected chi connectivity index (χ2v) is 4.19. The molecule has 0 bridgehead atoms. The fourth-order valence-corrected chi connectivity index (χ4v) is 0.977. The molecule has 0 fully saturated rings. The number of hydrogen-bond donors (Lipinski definition) is 1. The lowest BCUT2D eigenvalue weighted by Gasteiger charge is -2.21. The molecule has 14 heavy (non-hydrogen) atoms. The second kappa shape index (κ2) is 5.68. The molecule has 1 amide bonds. The Hall–Kier alpha value is -0.990. The summed E-state index contributed by atoms with van der Waals surface area (Å²) in [5.74, 6) is 0. The van der Waals surface area contributed by atoms with Crippen LogP contribution in [0.5, 0.6) is 0 Å². The van der Waals surface area contributed by atoms with Crippen molar-refractivity contribution in [3.8, 4) is 0 Å². The number of alkyl carbamates (subject to hydrolysis) is 1. The highest BCUT2D eigenvalue weighted by Gasteiger charge is 2.17. The molecule has 0 aliphatic carbocycles. The molecule has 3 heteroatoms. The minimum atomic E-state index is -0.432. The second-order valence-electron chi connectivity index (χ2n) is 4.19. The first-order chi connectivity index (χ1) is 6.39. The van der Waals surface area contributed by atoms with Gasteiger partial charge in [-0.2, -0.15) is 0 Å². The van der Waals surface area contributed by atoms with Gasteiger partial charge in [0.15, 0.2) is 0 Å². The van der Waals surface area contributed by atoms with Crippen LogP contribution in [0.25, 0.3) is 0 Å². The lowest BCUT2D eigenvalue weighted by molar-refractivity contribution is 0.0513. The first-order valence-electron chi connectivity index (χ1n) is 5.01. The predicted molar refractivity (Wildman–Crippen MR) is 58.3 cm³/mol. The normalized spacial score (nSPS) is 14.1. The lowest BCUT2D eigenvalue weighted by Crippen LogP contribution is -2.37. The van der Waals surface area contributed by atoms with Crippen molar-refractivity contribution in [3.63, 3.8) is 0 Å². The molecule has 0 saturated heterocycles. The Morgan fingerprint density at radius 1 is 1.50 bits per heavy atom. The van der Waals surface area contributed by atoms with Crippen molar-refractivity contribution in [2.75, 3.05) is 0 Å². The molecule has 0 aromatic rings. The minimum Gasteiger partial charge on any atom is -0.444 e. The first-order valence-corrected chi connectivity index (χ1v) is 5.01. The van der Waals surface area contributed by atoms with E-state index in [1.54, 1.807) is 0 Å². The summed E-state index contributed by atoms with van der Waals surface area (Å²) < 4.78 is 5.13. The Morgan fingerprint density at radius 3 is 2.43 bits per heavy atom. The number of carbonyl (C=O) groups excluding carboxylic acids is 1. The summed E-state index contributed by atoms with van der Waals surface area (Å²) in [5.41, 5.74) is -0.432. The van der Waals surface area contributed by atoms with Crippen molar-refractivity contribution in [2.24, 2.45) is 0 Å². The molecule has 0 aromatic carbocycles. The van der Waals surface area contributed by atoms with Gasteiger partial charge in [-0.05, 0) is 34.1 Å². The molecule has 0 spiro atoms. The van der Waals surface area contributed by atoms with Crippen molar-refractivity contribution >= 4 is 6.09 Å². The van der Waals surface area contributed by atoms with Crippen LogP contribution in [0.15, 0.2) is 12.2 Å². The summed E-state index contributed by atoms with van der Waals surface area (Å²) >= 11 is 0. The molecule has 0 heterocycles. The number of nitrogens with one attached hydrogen (secondary N) is 1. The third kappa shape index (κ3) is 6.52. The van der Waals surface area contributed by atoms with Crippen molar-refractivity contribution in [1.82, 2.24) is 5.32 Å². The molecule has 0 aromatic heterocycles. The molecule has 82 valence electrons. The fourth-order valence-electron chi connectivity index (χ4n) is 0.977. The van der Waals surface area contributed by atoms with E-state index in [2.05, 4.69) is 5.32 Å². The van der Waals surface area contributed by atoms with Crippen LogP contribution >= 0.6 is 0 Å². The van der Waals surface area contributed by atoms with E-state index in [0.29, 0.717) is 0 Å². The highest BCUT2D eigenvalue weighted by molar-refractivity contribution is 5.68. The van der Waals surface area contributed by atoms with Crippen LogP contribution in [-0.2, 0) is 4.74 Å². The van der Waals surface area contributed by atoms with Gasteiger partial charge in [0.05, 0.1) is 6.04 Å². The maximum absolute atomic E-state index is 11.3. The van der Waals surface area contributed by atoms with Gasteiger partial charge in [-0.25, -0.2) is 4.79 Å². The zero-order valence-corrected chi connectivity index (χ0v) is 9.76. The van der Waals surface area contributed by atoms with Gasteiger partial charge in [0.2, 0.25) is 0 Å².